The average Bonchev–Trinajstić information content (AvgIpc) is 2.92. The minimum atomic E-state index is 0.0742. The molecule has 116 valence electrons. The van der Waals surface area contributed by atoms with Gasteiger partial charge in [-0.2, -0.15) is 0 Å². The van der Waals surface area contributed by atoms with E-state index < -0.39 is 0 Å². The standard InChI is InChI=1S/C16H24N2O3/c1-18(16(19)12-5-6-13(17)9-12)10-11-4-7-14(20-2)15(8-11)21-3/h4,7-8,12-13H,5-6,9-10,17H2,1-3H3. The van der Waals surface area contributed by atoms with Crippen molar-refractivity contribution < 1.29 is 14.3 Å². The number of ether oxygens (including phenoxy) is 2. The summed E-state index contributed by atoms with van der Waals surface area (Å²) in [6.45, 7) is 0.560. The Hall–Kier alpha value is -1.75. The lowest BCUT2D eigenvalue weighted by Crippen LogP contribution is -2.32. The molecule has 2 rings (SSSR count). The van der Waals surface area contributed by atoms with Crippen LogP contribution in [0.4, 0.5) is 0 Å². The highest BCUT2D eigenvalue weighted by atomic mass is 16.5. The Morgan fingerprint density at radius 3 is 2.57 bits per heavy atom. The van der Waals surface area contributed by atoms with Crippen molar-refractivity contribution in [3.63, 3.8) is 0 Å². The second-order valence-corrected chi connectivity index (χ2v) is 5.65. The predicted molar refractivity (Wildman–Crippen MR) is 81.3 cm³/mol. The Balaban J connectivity index is 2.02. The van der Waals surface area contributed by atoms with Crippen LogP contribution in [0.5, 0.6) is 11.5 Å². The topological polar surface area (TPSA) is 64.8 Å². The first-order chi connectivity index (χ1) is 10.0. The molecule has 0 spiro atoms. The van der Waals surface area contributed by atoms with Crippen LogP contribution in [0.1, 0.15) is 24.8 Å². The van der Waals surface area contributed by atoms with Crippen LogP contribution in [0, 0.1) is 5.92 Å². The molecule has 1 aliphatic rings. The van der Waals surface area contributed by atoms with Crippen molar-refractivity contribution >= 4 is 5.91 Å². The Bertz CT molecular complexity index is 504. The molecule has 1 fully saturated rings. The molecule has 2 N–H and O–H groups in total. The molecule has 0 aliphatic heterocycles. The number of carbonyl (C=O) groups is 1. The first-order valence-electron chi connectivity index (χ1n) is 7.26. The Kier molecular flexibility index (Phi) is 5.07. The first-order valence-corrected chi connectivity index (χ1v) is 7.26. The Morgan fingerprint density at radius 1 is 1.29 bits per heavy atom. The molecule has 0 bridgehead atoms. The number of hydrogen-bond donors (Lipinski definition) is 1. The van der Waals surface area contributed by atoms with E-state index in [4.69, 9.17) is 15.2 Å². The predicted octanol–water partition coefficient (Wildman–Crippen LogP) is 1.79. The number of rotatable bonds is 5. The van der Waals surface area contributed by atoms with Crippen molar-refractivity contribution in [2.24, 2.45) is 11.7 Å². The summed E-state index contributed by atoms with van der Waals surface area (Å²) >= 11 is 0. The van der Waals surface area contributed by atoms with Gasteiger partial charge >= 0.3 is 0 Å². The van der Waals surface area contributed by atoms with E-state index in [1.165, 1.54) is 0 Å². The maximum Gasteiger partial charge on any atom is 0.225 e. The van der Waals surface area contributed by atoms with E-state index in [9.17, 15) is 4.79 Å². The van der Waals surface area contributed by atoms with Gasteiger partial charge in [0.2, 0.25) is 5.91 Å². The molecule has 0 saturated heterocycles. The van der Waals surface area contributed by atoms with Crippen molar-refractivity contribution in [1.29, 1.82) is 0 Å². The molecule has 1 aromatic rings. The van der Waals surface area contributed by atoms with E-state index in [1.54, 1.807) is 19.1 Å². The number of methoxy groups -OCH3 is 2. The molecule has 0 radical (unpaired) electrons. The number of nitrogens with zero attached hydrogens (tertiary/aromatic N) is 1. The third-order valence-electron chi connectivity index (χ3n) is 4.07. The first kappa shape index (κ1) is 15.6. The van der Waals surface area contributed by atoms with Gasteiger partial charge in [0.05, 0.1) is 14.2 Å². The number of nitrogens with two attached hydrogens (primary N) is 1. The number of amides is 1. The molecule has 0 heterocycles. The molecule has 5 heteroatoms. The highest BCUT2D eigenvalue weighted by Crippen LogP contribution is 2.29. The largest absolute Gasteiger partial charge is 0.493 e. The van der Waals surface area contributed by atoms with Crippen LogP contribution in [0.25, 0.3) is 0 Å². The van der Waals surface area contributed by atoms with Crippen LogP contribution in [0.2, 0.25) is 0 Å². The average molecular weight is 292 g/mol. The molecule has 5 nitrogen and oxygen atoms in total. The van der Waals surface area contributed by atoms with Gasteiger partial charge in [0.1, 0.15) is 0 Å². The van der Waals surface area contributed by atoms with E-state index in [0.29, 0.717) is 18.0 Å². The lowest BCUT2D eigenvalue weighted by molar-refractivity contribution is -0.134. The quantitative estimate of drug-likeness (QED) is 0.898. The minimum absolute atomic E-state index is 0.0742. The molecule has 1 amide bonds. The van der Waals surface area contributed by atoms with E-state index in [1.807, 2.05) is 25.2 Å². The van der Waals surface area contributed by atoms with Crippen molar-refractivity contribution in [1.82, 2.24) is 4.90 Å². The van der Waals surface area contributed by atoms with Crippen LogP contribution in [-0.4, -0.2) is 38.1 Å². The maximum absolute atomic E-state index is 12.4. The molecule has 2 unspecified atom stereocenters. The summed E-state index contributed by atoms with van der Waals surface area (Å²) < 4.78 is 10.5. The molecule has 0 aromatic heterocycles. The molecule has 21 heavy (non-hydrogen) atoms. The zero-order valence-electron chi connectivity index (χ0n) is 13.0. The van der Waals surface area contributed by atoms with E-state index in [2.05, 4.69) is 0 Å². The van der Waals surface area contributed by atoms with Crippen molar-refractivity contribution in [2.45, 2.75) is 31.8 Å². The van der Waals surface area contributed by atoms with Crippen LogP contribution in [0.3, 0.4) is 0 Å². The zero-order chi connectivity index (χ0) is 15.4. The lowest BCUT2D eigenvalue weighted by Gasteiger charge is -2.21. The van der Waals surface area contributed by atoms with Crippen LogP contribution in [-0.2, 0) is 11.3 Å². The lowest BCUT2D eigenvalue weighted by atomic mass is 10.1. The van der Waals surface area contributed by atoms with E-state index >= 15 is 0 Å². The van der Waals surface area contributed by atoms with Crippen LogP contribution < -0.4 is 15.2 Å². The number of benzene rings is 1. The monoisotopic (exact) mass is 292 g/mol. The molecular weight excluding hydrogens is 268 g/mol. The number of hydrogen-bond acceptors (Lipinski definition) is 4. The summed E-state index contributed by atoms with van der Waals surface area (Å²) in [4.78, 5) is 14.2. The van der Waals surface area contributed by atoms with E-state index in [-0.39, 0.29) is 17.9 Å². The molecule has 2 atom stereocenters. The molecule has 1 aliphatic carbocycles. The summed E-state index contributed by atoms with van der Waals surface area (Å²) in [7, 11) is 5.05. The van der Waals surface area contributed by atoms with Gasteiger partial charge in [-0.15, -0.1) is 0 Å². The van der Waals surface area contributed by atoms with Gasteiger partial charge < -0.3 is 20.1 Å². The van der Waals surface area contributed by atoms with Crippen LogP contribution >= 0.6 is 0 Å². The fourth-order valence-corrected chi connectivity index (χ4v) is 2.88. The normalized spacial score (nSPS) is 21.1. The molecule has 1 aromatic carbocycles. The molecular formula is C16H24N2O3. The highest BCUT2D eigenvalue weighted by molar-refractivity contribution is 5.79. The minimum Gasteiger partial charge on any atom is -0.493 e. The van der Waals surface area contributed by atoms with E-state index in [0.717, 1.165) is 24.8 Å². The second kappa shape index (κ2) is 6.80. The second-order valence-electron chi connectivity index (χ2n) is 5.65. The summed E-state index contributed by atoms with van der Waals surface area (Å²) in [6.07, 6.45) is 2.64. The summed E-state index contributed by atoms with van der Waals surface area (Å²) in [6, 6.07) is 5.89. The van der Waals surface area contributed by atoms with Crippen molar-refractivity contribution in [3.05, 3.63) is 23.8 Å². The van der Waals surface area contributed by atoms with Crippen molar-refractivity contribution in [2.75, 3.05) is 21.3 Å². The third-order valence-corrected chi connectivity index (χ3v) is 4.07. The molecule has 1 saturated carbocycles. The zero-order valence-corrected chi connectivity index (χ0v) is 13.0. The SMILES string of the molecule is COc1ccc(CN(C)C(=O)C2CCC(N)C2)cc1OC. The van der Waals surface area contributed by atoms with Gasteiger partial charge in [-0.1, -0.05) is 6.07 Å². The van der Waals surface area contributed by atoms with Crippen LogP contribution in [0.15, 0.2) is 18.2 Å². The summed E-state index contributed by atoms with van der Waals surface area (Å²) in [5.74, 6) is 1.62. The third kappa shape index (κ3) is 3.67. The number of carbonyl (C=O) groups excluding carboxylic acids is 1. The highest BCUT2D eigenvalue weighted by Gasteiger charge is 2.29. The van der Waals surface area contributed by atoms with Gasteiger partial charge in [-0.05, 0) is 37.0 Å². The fourth-order valence-electron chi connectivity index (χ4n) is 2.88. The van der Waals surface area contributed by atoms with Gasteiger partial charge in [-0.25, -0.2) is 0 Å². The smallest absolute Gasteiger partial charge is 0.225 e. The maximum atomic E-state index is 12.4. The van der Waals surface area contributed by atoms with Crippen molar-refractivity contribution in [3.8, 4) is 11.5 Å². The summed E-state index contributed by atoms with van der Waals surface area (Å²) in [5, 5.41) is 0. The Labute approximate surface area is 126 Å². The summed E-state index contributed by atoms with van der Waals surface area (Å²) in [5.41, 5.74) is 6.90. The Morgan fingerprint density at radius 2 is 2.00 bits per heavy atom. The van der Waals surface area contributed by atoms with Gasteiger partial charge in [0.15, 0.2) is 11.5 Å². The van der Waals surface area contributed by atoms with Gasteiger partial charge in [-0.3, -0.25) is 4.79 Å². The fraction of sp³-hybridized carbons (Fsp3) is 0.562. The van der Waals surface area contributed by atoms with Gasteiger partial charge in [0, 0.05) is 25.6 Å². The van der Waals surface area contributed by atoms with Gasteiger partial charge in [0.25, 0.3) is 0 Å².